The number of nitrogens with one attached hydrogen (secondary N) is 1. The van der Waals surface area contributed by atoms with Crippen LogP contribution in [0.15, 0.2) is 36.5 Å². The highest BCUT2D eigenvalue weighted by Crippen LogP contribution is 2.40. The van der Waals surface area contributed by atoms with Crippen LogP contribution in [0.2, 0.25) is 5.02 Å². The molecular formula is C27H33ClN6O2S. The normalized spacial score (nSPS) is 16.8. The molecule has 10 heteroatoms. The SMILES string of the molecule is CC(C)(C)OC(=O)N1CCN(c2nc(-c3cccc(Cl)c3)c(-c3ccnc(NC4CCCC4)n3)s2)CC1. The van der Waals surface area contributed by atoms with E-state index in [1.807, 2.05) is 51.1 Å². The molecule has 0 unspecified atom stereocenters. The molecule has 1 aromatic carbocycles. The average Bonchev–Trinajstić information content (AvgIpc) is 3.54. The fourth-order valence-corrected chi connectivity index (χ4v) is 5.96. The topological polar surface area (TPSA) is 83.5 Å². The summed E-state index contributed by atoms with van der Waals surface area (Å²) in [5, 5.41) is 5.07. The van der Waals surface area contributed by atoms with Crippen LogP contribution >= 0.6 is 22.9 Å². The van der Waals surface area contributed by atoms with Crippen molar-refractivity contribution in [2.24, 2.45) is 0 Å². The number of hydrogen-bond acceptors (Lipinski definition) is 8. The average molecular weight is 541 g/mol. The molecule has 1 N–H and O–H groups in total. The largest absolute Gasteiger partial charge is 0.444 e. The Morgan fingerprint density at radius 3 is 2.57 bits per heavy atom. The molecule has 196 valence electrons. The molecule has 5 rings (SSSR count). The van der Waals surface area contributed by atoms with Crippen LogP contribution in [0, 0.1) is 0 Å². The summed E-state index contributed by atoms with van der Waals surface area (Å²) in [7, 11) is 0. The molecule has 3 aromatic rings. The van der Waals surface area contributed by atoms with Crippen molar-refractivity contribution in [1.82, 2.24) is 19.9 Å². The highest BCUT2D eigenvalue weighted by Gasteiger charge is 2.28. The van der Waals surface area contributed by atoms with Gasteiger partial charge in [0.25, 0.3) is 0 Å². The molecule has 8 nitrogen and oxygen atoms in total. The lowest BCUT2D eigenvalue weighted by atomic mass is 10.1. The number of nitrogens with zero attached hydrogens (tertiary/aromatic N) is 5. The van der Waals surface area contributed by atoms with Gasteiger partial charge in [0.15, 0.2) is 5.13 Å². The van der Waals surface area contributed by atoms with Crippen LogP contribution in [0.3, 0.4) is 0 Å². The molecule has 0 spiro atoms. The van der Waals surface area contributed by atoms with Gasteiger partial charge in [0.05, 0.1) is 16.3 Å². The van der Waals surface area contributed by atoms with Crippen molar-refractivity contribution in [2.45, 2.75) is 58.1 Å². The van der Waals surface area contributed by atoms with Crippen LogP contribution in [0.25, 0.3) is 21.8 Å². The van der Waals surface area contributed by atoms with E-state index in [1.165, 1.54) is 12.8 Å². The van der Waals surface area contributed by atoms with Crippen molar-refractivity contribution in [2.75, 3.05) is 36.4 Å². The molecule has 1 saturated heterocycles. The second kappa shape index (κ2) is 10.8. The lowest BCUT2D eigenvalue weighted by Gasteiger charge is -2.35. The van der Waals surface area contributed by atoms with E-state index in [-0.39, 0.29) is 6.09 Å². The zero-order valence-electron chi connectivity index (χ0n) is 21.5. The molecule has 0 bridgehead atoms. The number of aromatic nitrogens is 3. The summed E-state index contributed by atoms with van der Waals surface area (Å²) >= 11 is 7.95. The Hall–Kier alpha value is -2.91. The van der Waals surface area contributed by atoms with Gasteiger partial charge in [-0.3, -0.25) is 0 Å². The maximum absolute atomic E-state index is 12.5. The molecular weight excluding hydrogens is 508 g/mol. The fourth-order valence-electron chi connectivity index (χ4n) is 4.66. The summed E-state index contributed by atoms with van der Waals surface area (Å²) in [6.45, 7) is 8.18. The molecule has 1 aliphatic carbocycles. The summed E-state index contributed by atoms with van der Waals surface area (Å²) in [6, 6.07) is 10.1. The van der Waals surface area contributed by atoms with Gasteiger partial charge in [0.2, 0.25) is 5.95 Å². The minimum atomic E-state index is -0.507. The van der Waals surface area contributed by atoms with Crippen LogP contribution < -0.4 is 10.2 Å². The van der Waals surface area contributed by atoms with Gasteiger partial charge in [-0.05, 0) is 51.8 Å². The Bertz CT molecular complexity index is 1250. The summed E-state index contributed by atoms with van der Waals surface area (Å²) in [6.07, 6.45) is 6.34. The van der Waals surface area contributed by atoms with Crippen molar-refractivity contribution < 1.29 is 9.53 Å². The first-order valence-electron chi connectivity index (χ1n) is 12.8. The number of piperazine rings is 1. The summed E-state index contributed by atoms with van der Waals surface area (Å²) in [4.78, 5) is 31.9. The summed E-state index contributed by atoms with van der Waals surface area (Å²) in [5.74, 6) is 0.655. The molecule has 1 amide bonds. The number of benzene rings is 1. The van der Waals surface area contributed by atoms with Crippen molar-refractivity contribution >= 4 is 40.1 Å². The van der Waals surface area contributed by atoms with E-state index >= 15 is 0 Å². The van der Waals surface area contributed by atoms with Crippen LogP contribution in [0.4, 0.5) is 15.9 Å². The molecule has 2 aromatic heterocycles. The van der Waals surface area contributed by atoms with E-state index in [0.29, 0.717) is 43.2 Å². The monoisotopic (exact) mass is 540 g/mol. The lowest BCUT2D eigenvalue weighted by Crippen LogP contribution is -2.50. The fraction of sp³-hybridized carbons (Fsp3) is 0.481. The number of hydrogen-bond donors (Lipinski definition) is 1. The van der Waals surface area contributed by atoms with E-state index in [1.54, 1.807) is 22.4 Å². The van der Waals surface area contributed by atoms with Gasteiger partial charge in [-0.25, -0.2) is 19.7 Å². The molecule has 2 aliphatic rings. The van der Waals surface area contributed by atoms with Crippen molar-refractivity contribution in [1.29, 1.82) is 0 Å². The predicted molar refractivity (Wildman–Crippen MR) is 149 cm³/mol. The second-order valence-electron chi connectivity index (χ2n) is 10.5. The van der Waals surface area contributed by atoms with Crippen LogP contribution in [-0.4, -0.2) is 63.8 Å². The molecule has 3 heterocycles. The zero-order chi connectivity index (χ0) is 26.0. The third-order valence-corrected chi connectivity index (χ3v) is 7.87. The number of amides is 1. The van der Waals surface area contributed by atoms with Crippen molar-refractivity contribution in [3.05, 3.63) is 41.6 Å². The smallest absolute Gasteiger partial charge is 0.410 e. The first kappa shape index (κ1) is 25.7. The number of carbonyl (C=O) groups is 1. The van der Waals surface area contributed by atoms with Gasteiger partial charge in [-0.15, -0.1) is 0 Å². The first-order chi connectivity index (χ1) is 17.7. The number of ether oxygens (including phenoxy) is 1. The Morgan fingerprint density at radius 2 is 1.86 bits per heavy atom. The van der Waals surface area contributed by atoms with E-state index in [0.717, 1.165) is 39.8 Å². The first-order valence-corrected chi connectivity index (χ1v) is 14.0. The second-order valence-corrected chi connectivity index (χ2v) is 11.9. The maximum Gasteiger partial charge on any atom is 0.410 e. The number of rotatable bonds is 5. The minimum Gasteiger partial charge on any atom is -0.444 e. The Morgan fingerprint density at radius 1 is 1.11 bits per heavy atom. The molecule has 0 radical (unpaired) electrons. The van der Waals surface area contributed by atoms with Crippen LogP contribution in [0.1, 0.15) is 46.5 Å². The van der Waals surface area contributed by atoms with Gasteiger partial charge < -0.3 is 19.9 Å². The van der Waals surface area contributed by atoms with Crippen molar-refractivity contribution in [3.63, 3.8) is 0 Å². The zero-order valence-corrected chi connectivity index (χ0v) is 23.1. The number of anilines is 2. The standard InChI is InChI=1S/C27H33ClN6O2S/c1-27(2,3)36-26(35)34-15-13-33(14-16-34)25-32-22(18-7-6-8-19(28)17-18)23(37-25)21-11-12-29-24(31-21)30-20-9-4-5-10-20/h6-8,11-12,17,20H,4-5,9-10,13-16H2,1-3H3,(H,29,30,31). The third kappa shape index (κ3) is 6.33. The van der Waals surface area contributed by atoms with Crippen LogP contribution in [-0.2, 0) is 4.74 Å². The van der Waals surface area contributed by atoms with Gasteiger partial charge in [-0.1, -0.05) is 47.9 Å². The Kier molecular flexibility index (Phi) is 7.53. The highest BCUT2D eigenvalue weighted by atomic mass is 35.5. The number of carbonyl (C=O) groups excluding carboxylic acids is 1. The molecule has 1 saturated carbocycles. The number of halogens is 1. The lowest BCUT2D eigenvalue weighted by molar-refractivity contribution is 0.0240. The van der Waals surface area contributed by atoms with Crippen LogP contribution in [0.5, 0.6) is 0 Å². The quantitative estimate of drug-likeness (QED) is 0.404. The molecule has 2 fully saturated rings. The third-order valence-electron chi connectivity index (χ3n) is 6.49. The number of thiazole rings is 1. The predicted octanol–water partition coefficient (Wildman–Crippen LogP) is 6.33. The van der Waals surface area contributed by atoms with Gasteiger partial charge in [0, 0.05) is 49.0 Å². The van der Waals surface area contributed by atoms with E-state index < -0.39 is 5.60 Å². The summed E-state index contributed by atoms with van der Waals surface area (Å²) in [5.41, 5.74) is 2.12. The molecule has 0 atom stereocenters. The molecule has 1 aliphatic heterocycles. The van der Waals surface area contributed by atoms with Gasteiger partial charge >= 0.3 is 6.09 Å². The van der Waals surface area contributed by atoms with E-state index in [4.69, 9.17) is 26.3 Å². The highest BCUT2D eigenvalue weighted by molar-refractivity contribution is 7.19. The van der Waals surface area contributed by atoms with Crippen molar-refractivity contribution in [3.8, 4) is 21.8 Å². The Balaban J connectivity index is 1.41. The van der Waals surface area contributed by atoms with Gasteiger partial charge in [0.1, 0.15) is 5.60 Å². The molecule has 37 heavy (non-hydrogen) atoms. The Labute approximate surface area is 227 Å². The maximum atomic E-state index is 12.5. The minimum absolute atomic E-state index is 0.269. The van der Waals surface area contributed by atoms with Gasteiger partial charge in [-0.2, -0.15) is 0 Å². The van der Waals surface area contributed by atoms with E-state index in [9.17, 15) is 4.79 Å². The summed E-state index contributed by atoms with van der Waals surface area (Å²) < 4.78 is 5.55. The van der Waals surface area contributed by atoms with E-state index in [2.05, 4.69) is 15.2 Å².